The number of amides is 1. The number of ether oxygens (including phenoxy) is 1. The van der Waals surface area contributed by atoms with E-state index in [1.165, 1.54) is 43.5 Å². The molecule has 2 atom stereocenters. The number of aryl methyl sites for hydroxylation is 1. The first-order valence-corrected chi connectivity index (χ1v) is 12.6. The van der Waals surface area contributed by atoms with Gasteiger partial charge in [-0.1, -0.05) is 32.8 Å². The molecule has 2 N–H and O–H groups in total. The molecule has 1 aliphatic rings. The molecule has 0 spiro atoms. The van der Waals surface area contributed by atoms with Gasteiger partial charge < -0.3 is 14.3 Å². The van der Waals surface area contributed by atoms with Gasteiger partial charge in [0.25, 0.3) is 0 Å². The highest BCUT2D eigenvalue weighted by molar-refractivity contribution is 7.12. The Kier molecular flexibility index (Phi) is 9.10. The maximum atomic E-state index is 13.0. The van der Waals surface area contributed by atoms with Crippen LogP contribution in [-0.2, 0) is 17.6 Å². The number of Topliss-reactive ketones (excluding diaryl/α,β-unsaturated/α-hetero) is 1. The first-order valence-electron chi connectivity index (χ1n) is 11.8. The number of hydrogen-bond donors (Lipinski definition) is 2. The summed E-state index contributed by atoms with van der Waals surface area (Å²) in [5, 5.41) is 12.9. The molecule has 0 radical (unpaired) electrons. The Morgan fingerprint density at radius 1 is 1.29 bits per heavy atom. The summed E-state index contributed by atoms with van der Waals surface area (Å²) in [5.74, 6) is -0.148. The van der Waals surface area contributed by atoms with E-state index in [0.29, 0.717) is 25.0 Å². The van der Waals surface area contributed by atoms with Crippen molar-refractivity contribution in [3.8, 4) is 5.75 Å². The number of rotatable bonds is 12. The minimum Gasteiger partial charge on any atom is -0.507 e. The normalized spacial score (nSPS) is 15.3. The van der Waals surface area contributed by atoms with E-state index in [-0.39, 0.29) is 17.2 Å². The fourth-order valence-electron chi connectivity index (χ4n) is 3.79. The zero-order valence-corrected chi connectivity index (χ0v) is 20.8. The zero-order valence-electron chi connectivity index (χ0n) is 20.0. The van der Waals surface area contributed by atoms with E-state index in [9.17, 15) is 19.5 Å². The molecule has 34 heavy (non-hydrogen) atoms. The van der Waals surface area contributed by atoms with Gasteiger partial charge in [-0.05, 0) is 50.2 Å². The van der Waals surface area contributed by atoms with Gasteiger partial charge in [-0.2, -0.15) is 0 Å². The van der Waals surface area contributed by atoms with Gasteiger partial charge >= 0.3 is 11.7 Å². The Bertz CT molecular complexity index is 1080. The minimum absolute atomic E-state index is 0.164. The van der Waals surface area contributed by atoms with E-state index in [2.05, 4.69) is 22.2 Å². The van der Waals surface area contributed by atoms with Crippen LogP contribution in [0.1, 0.15) is 77.7 Å². The van der Waals surface area contributed by atoms with Crippen LogP contribution in [0.5, 0.6) is 5.75 Å². The smallest absolute Gasteiger partial charge is 0.410 e. The second-order valence-electron chi connectivity index (χ2n) is 9.03. The van der Waals surface area contributed by atoms with Gasteiger partial charge in [0.1, 0.15) is 17.1 Å². The quantitative estimate of drug-likeness (QED) is 0.380. The molecule has 0 aromatic carbocycles. The molecule has 3 rings (SSSR count). The van der Waals surface area contributed by atoms with Crippen molar-refractivity contribution in [3.05, 3.63) is 62.0 Å². The van der Waals surface area contributed by atoms with Crippen LogP contribution < -0.4 is 10.9 Å². The minimum atomic E-state index is -0.807. The topological polar surface area (TPSA) is 106 Å². The number of methoxy groups -OCH3 is 1. The zero-order chi connectivity index (χ0) is 24.7. The summed E-state index contributed by atoms with van der Waals surface area (Å²) in [7, 11) is 1.28. The molecule has 184 valence electrons. The van der Waals surface area contributed by atoms with Gasteiger partial charge in [0.05, 0.1) is 7.11 Å². The van der Waals surface area contributed by atoms with Crippen LogP contribution in [0.4, 0.5) is 4.79 Å². The number of thiophene rings is 1. The van der Waals surface area contributed by atoms with Gasteiger partial charge in [0.2, 0.25) is 0 Å². The number of carbonyl (C=O) groups excluding carboxylic acids is 2. The Morgan fingerprint density at radius 2 is 2.03 bits per heavy atom. The lowest BCUT2D eigenvalue weighted by Crippen LogP contribution is -2.22. The van der Waals surface area contributed by atoms with Crippen molar-refractivity contribution in [1.29, 1.82) is 0 Å². The fraction of sp³-hybridized carbons (Fsp3) is 0.500. The van der Waals surface area contributed by atoms with Gasteiger partial charge in [-0.3, -0.25) is 10.1 Å². The molecule has 2 unspecified atom stereocenters. The van der Waals surface area contributed by atoms with E-state index in [1.807, 2.05) is 6.92 Å². The molecule has 1 saturated carbocycles. The fourth-order valence-corrected chi connectivity index (χ4v) is 4.95. The summed E-state index contributed by atoms with van der Waals surface area (Å²) in [6, 6.07) is 5.55. The summed E-state index contributed by atoms with van der Waals surface area (Å²) in [6.07, 6.45) is 9.44. The Morgan fingerprint density at radius 3 is 2.71 bits per heavy atom. The van der Waals surface area contributed by atoms with Crippen LogP contribution >= 0.6 is 11.3 Å². The number of allylic oxidation sites excluding steroid dienone is 1. The SMILES string of the molecule is COC(=O)N/C=C/CCC(C)c1cc(O)c(C(=O)C(C)Cc2ccc(CCC3CC3)s2)c(=O)o1. The Labute approximate surface area is 203 Å². The average molecular weight is 488 g/mol. The van der Waals surface area contributed by atoms with Gasteiger partial charge in [0.15, 0.2) is 5.78 Å². The van der Waals surface area contributed by atoms with Crippen LogP contribution in [0.3, 0.4) is 0 Å². The second-order valence-corrected chi connectivity index (χ2v) is 10.3. The standard InChI is InChI=1S/C26H33NO6S/c1-16(6-4-5-13-27-26(31)32-3)22-15-21(28)23(25(30)33-22)24(29)17(2)14-20-12-11-19(34-20)10-9-18-7-8-18/h5,11-13,15-18,28H,4,6-10,14H2,1-3H3,(H,27,31)/b13-5+. The predicted molar refractivity (Wildman–Crippen MR) is 132 cm³/mol. The number of nitrogens with one attached hydrogen (secondary N) is 1. The number of carbonyl (C=O) groups is 2. The maximum absolute atomic E-state index is 13.0. The van der Waals surface area contributed by atoms with Crippen LogP contribution in [-0.4, -0.2) is 24.1 Å². The van der Waals surface area contributed by atoms with Gasteiger partial charge in [0, 0.05) is 33.9 Å². The highest BCUT2D eigenvalue weighted by Crippen LogP contribution is 2.34. The summed E-state index contributed by atoms with van der Waals surface area (Å²) >= 11 is 1.72. The predicted octanol–water partition coefficient (Wildman–Crippen LogP) is 5.56. The second kappa shape index (κ2) is 12.0. The van der Waals surface area contributed by atoms with Crippen molar-refractivity contribution in [2.75, 3.05) is 7.11 Å². The summed E-state index contributed by atoms with van der Waals surface area (Å²) in [4.78, 5) is 39.0. The first-order chi connectivity index (χ1) is 16.3. The van der Waals surface area contributed by atoms with Crippen LogP contribution in [0.15, 0.2) is 39.7 Å². The molecular weight excluding hydrogens is 454 g/mol. The lowest BCUT2D eigenvalue weighted by molar-refractivity contribution is 0.0922. The summed E-state index contributed by atoms with van der Waals surface area (Å²) in [6.45, 7) is 3.64. The van der Waals surface area contributed by atoms with Gasteiger partial charge in [-0.25, -0.2) is 9.59 Å². The van der Waals surface area contributed by atoms with E-state index in [4.69, 9.17) is 4.42 Å². The Hall–Kier alpha value is -2.87. The number of aromatic hydroxyl groups is 1. The van der Waals surface area contributed by atoms with Crippen molar-refractivity contribution in [2.24, 2.45) is 11.8 Å². The van der Waals surface area contributed by atoms with Crippen LogP contribution in [0, 0.1) is 11.8 Å². The maximum Gasteiger partial charge on any atom is 0.410 e. The van der Waals surface area contributed by atoms with E-state index < -0.39 is 23.4 Å². The summed E-state index contributed by atoms with van der Waals surface area (Å²) in [5.41, 5.74) is -1.09. The largest absolute Gasteiger partial charge is 0.507 e. The van der Waals surface area contributed by atoms with Gasteiger partial charge in [-0.15, -0.1) is 11.3 Å². The Balaban J connectivity index is 1.57. The van der Waals surface area contributed by atoms with Crippen molar-refractivity contribution < 1.29 is 23.8 Å². The van der Waals surface area contributed by atoms with Crippen LogP contribution in [0.2, 0.25) is 0 Å². The molecule has 1 amide bonds. The third-order valence-corrected chi connectivity index (χ3v) is 7.29. The van der Waals surface area contributed by atoms with Crippen molar-refractivity contribution >= 4 is 23.2 Å². The highest BCUT2D eigenvalue weighted by Gasteiger charge is 2.26. The number of alkyl carbamates (subject to hydrolysis) is 1. The van der Waals surface area contributed by atoms with Crippen molar-refractivity contribution in [3.63, 3.8) is 0 Å². The molecule has 7 nitrogen and oxygen atoms in total. The van der Waals surface area contributed by atoms with Crippen molar-refractivity contribution in [1.82, 2.24) is 5.32 Å². The highest BCUT2D eigenvalue weighted by atomic mass is 32.1. The summed E-state index contributed by atoms with van der Waals surface area (Å²) < 4.78 is 9.87. The monoisotopic (exact) mass is 487 g/mol. The lowest BCUT2D eigenvalue weighted by Gasteiger charge is -2.13. The third-order valence-electron chi connectivity index (χ3n) is 6.12. The third kappa shape index (κ3) is 7.32. The first kappa shape index (κ1) is 25.7. The molecule has 0 saturated heterocycles. The molecule has 1 aliphatic carbocycles. The van der Waals surface area contributed by atoms with Crippen molar-refractivity contribution in [2.45, 2.75) is 64.7 Å². The molecule has 0 bridgehead atoms. The number of hydrogen-bond acceptors (Lipinski definition) is 7. The van der Waals surface area contributed by atoms with E-state index >= 15 is 0 Å². The van der Waals surface area contributed by atoms with E-state index in [0.717, 1.165) is 17.2 Å². The molecule has 2 aromatic rings. The molecule has 1 fully saturated rings. The van der Waals surface area contributed by atoms with Crippen LogP contribution in [0.25, 0.3) is 0 Å². The number of ketones is 1. The molecule has 2 aromatic heterocycles. The van der Waals surface area contributed by atoms with E-state index in [1.54, 1.807) is 24.3 Å². The molecule has 8 heteroatoms. The molecule has 0 aliphatic heterocycles. The average Bonchev–Trinajstić information content (AvgIpc) is 3.54. The molecular formula is C26H33NO6S. The molecule has 2 heterocycles. The lowest BCUT2D eigenvalue weighted by atomic mass is 9.95.